The molecule has 10 heteroatoms. The minimum Gasteiger partial charge on any atom is -0.336 e. The number of piperazine rings is 1. The summed E-state index contributed by atoms with van der Waals surface area (Å²) in [7, 11) is -3.95. The van der Waals surface area contributed by atoms with E-state index in [0.29, 0.717) is 60.4 Å². The lowest BCUT2D eigenvalue weighted by molar-refractivity contribution is 0.0628. The zero-order valence-electron chi connectivity index (χ0n) is 20.7. The predicted octanol–water partition coefficient (Wildman–Crippen LogP) is 3.59. The second-order valence-electron chi connectivity index (χ2n) is 9.21. The number of hydrogen-bond acceptors (Lipinski definition) is 6. The quantitative estimate of drug-likeness (QED) is 0.376. The van der Waals surface area contributed by atoms with Crippen molar-refractivity contribution >= 4 is 32.5 Å². The van der Waals surface area contributed by atoms with E-state index in [1.807, 2.05) is 0 Å². The molecule has 0 bridgehead atoms. The summed E-state index contributed by atoms with van der Waals surface area (Å²) in [4.78, 5) is 21.5. The lowest BCUT2D eigenvalue weighted by Crippen LogP contribution is -2.48. The number of para-hydroxylation sites is 1. The molecule has 4 aromatic rings. The van der Waals surface area contributed by atoms with E-state index < -0.39 is 10.0 Å². The van der Waals surface area contributed by atoms with Crippen molar-refractivity contribution in [3.05, 3.63) is 102 Å². The van der Waals surface area contributed by atoms with Crippen LogP contribution in [-0.2, 0) is 23.1 Å². The molecular weight excluding hydrogens is 505 g/mol. The molecule has 2 heterocycles. The van der Waals surface area contributed by atoms with Gasteiger partial charge in [-0.05, 0) is 53.6 Å². The zero-order valence-corrected chi connectivity index (χ0v) is 21.5. The van der Waals surface area contributed by atoms with Crippen LogP contribution in [0.25, 0.3) is 10.9 Å². The van der Waals surface area contributed by atoms with Crippen LogP contribution in [0.2, 0.25) is 0 Å². The lowest BCUT2D eigenvalue weighted by atomic mass is 10.1. The largest absolute Gasteiger partial charge is 0.336 e. The van der Waals surface area contributed by atoms with Gasteiger partial charge in [-0.1, -0.05) is 30.3 Å². The van der Waals surface area contributed by atoms with Crippen molar-refractivity contribution in [1.82, 2.24) is 14.8 Å². The molecule has 1 aliphatic rings. The monoisotopic (exact) mass is 533 g/mol. The normalized spacial score (nSPS) is 14.5. The van der Waals surface area contributed by atoms with Crippen molar-refractivity contribution in [2.24, 2.45) is 5.73 Å². The molecule has 196 valence electrons. The number of carbonyl (C=O) groups excluding carboxylic acids is 1. The first kappa shape index (κ1) is 25.8. The molecule has 1 fully saturated rings. The smallest absolute Gasteiger partial charge is 0.264 e. The maximum absolute atomic E-state index is 13.2. The minimum absolute atomic E-state index is 0.0538. The summed E-state index contributed by atoms with van der Waals surface area (Å²) in [5.74, 6) is -0.390. The van der Waals surface area contributed by atoms with E-state index in [9.17, 15) is 17.6 Å². The summed E-state index contributed by atoms with van der Waals surface area (Å²) in [6.45, 7) is 3.26. The van der Waals surface area contributed by atoms with E-state index in [0.717, 1.165) is 5.56 Å². The summed E-state index contributed by atoms with van der Waals surface area (Å²) in [5, 5.41) is 0.716. The number of hydrogen-bond donors (Lipinski definition) is 2. The number of carbonyl (C=O) groups is 1. The molecule has 1 saturated heterocycles. The van der Waals surface area contributed by atoms with E-state index >= 15 is 0 Å². The first-order valence-corrected chi connectivity index (χ1v) is 13.8. The third-order valence-corrected chi connectivity index (χ3v) is 8.08. The number of amides is 1. The average Bonchev–Trinajstić information content (AvgIpc) is 2.94. The van der Waals surface area contributed by atoms with Gasteiger partial charge in [0, 0.05) is 56.4 Å². The number of halogens is 1. The highest BCUT2D eigenvalue weighted by Gasteiger charge is 2.24. The van der Waals surface area contributed by atoms with Gasteiger partial charge in [0.05, 0.1) is 11.2 Å². The van der Waals surface area contributed by atoms with Crippen LogP contribution in [0.3, 0.4) is 0 Å². The highest BCUT2D eigenvalue weighted by molar-refractivity contribution is 7.93. The van der Waals surface area contributed by atoms with Gasteiger partial charge in [0.25, 0.3) is 15.9 Å². The van der Waals surface area contributed by atoms with Crippen LogP contribution in [0.1, 0.15) is 21.5 Å². The minimum atomic E-state index is -3.95. The fourth-order valence-electron chi connectivity index (χ4n) is 4.63. The molecule has 5 rings (SSSR count). The molecule has 8 nitrogen and oxygen atoms in total. The van der Waals surface area contributed by atoms with E-state index in [1.165, 1.54) is 18.2 Å². The number of nitrogens with one attached hydrogen (secondary N) is 1. The van der Waals surface area contributed by atoms with Crippen molar-refractivity contribution in [3.8, 4) is 0 Å². The van der Waals surface area contributed by atoms with E-state index in [2.05, 4.69) is 14.6 Å². The van der Waals surface area contributed by atoms with Crippen LogP contribution >= 0.6 is 0 Å². The highest BCUT2D eigenvalue weighted by Crippen LogP contribution is 2.26. The Morgan fingerprint density at radius 3 is 2.45 bits per heavy atom. The Hall–Kier alpha value is -3.86. The number of sulfonamides is 1. The molecule has 3 aromatic carbocycles. The van der Waals surface area contributed by atoms with Crippen LogP contribution < -0.4 is 10.5 Å². The van der Waals surface area contributed by atoms with Crippen molar-refractivity contribution in [3.63, 3.8) is 0 Å². The summed E-state index contributed by atoms with van der Waals surface area (Å²) in [6.07, 6.45) is 1.55. The molecule has 0 unspecified atom stereocenters. The number of rotatable bonds is 7. The highest BCUT2D eigenvalue weighted by atomic mass is 32.2. The maximum Gasteiger partial charge on any atom is 0.264 e. The van der Waals surface area contributed by atoms with Gasteiger partial charge >= 0.3 is 0 Å². The van der Waals surface area contributed by atoms with Crippen LogP contribution in [0.5, 0.6) is 0 Å². The molecule has 0 saturated carbocycles. The van der Waals surface area contributed by atoms with Gasteiger partial charge in [0.2, 0.25) is 0 Å². The Labute approximate surface area is 220 Å². The lowest BCUT2D eigenvalue weighted by Gasteiger charge is -2.35. The van der Waals surface area contributed by atoms with Gasteiger partial charge < -0.3 is 10.6 Å². The molecule has 1 aromatic heterocycles. The third-order valence-electron chi connectivity index (χ3n) is 6.68. The van der Waals surface area contributed by atoms with Crippen molar-refractivity contribution in [2.75, 3.05) is 30.9 Å². The molecule has 0 radical (unpaired) electrons. The summed E-state index contributed by atoms with van der Waals surface area (Å²) < 4.78 is 42.3. The second kappa shape index (κ2) is 10.9. The molecule has 0 spiro atoms. The predicted molar refractivity (Wildman–Crippen MR) is 144 cm³/mol. The Balaban J connectivity index is 1.28. The Kier molecular flexibility index (Phi) is 7.37. The molecule has 0 atom stereocenters. The first-order chi connectivity index (χ1) is 18.3. The Morgan fingerprint density at radius 2 is 1.71 bits per heavy atom. The number of nitrogens with zero attached hydrogens (tertiary/aromatic N) is 3. The average molecular weight is 534 g/mol. The number of nitrogens with two attached hydrogens (primary N) is 1. The third kappa shape index (κ3) is 5.52. The topological polar surface area (TPSA) is 109 Å². The van der Waals surface area contributed by atoms with Gasteiger partial charge in [-0.2, -0.15) is 0 Å². The molecule has 1 amide bonds. The molecule has 3 N–H and O–H groups in total. The van der Waals surface area contributed by atoms with E-state index in [-0.39, 0.29) is 23.2 Å². The molecular formula is C28H28FN5O3S. The van der Waals surface area contributed by atoms with Gasteiger partial charge in [-0.25, -0.2) is 12.8 Å². The first-order valence-electron chi connectivity index (χ1n) is 12.3. The standard InChI is InChI=1S/C28H28FN5O3S/c29-24-9-6-20(7-10-24)19-33-13-15-34(16-14-33)28(35)22-8-11-25(23(17-22)18-30)32-38(36,37)26-5-1-3-21-4-2-12-31-27(21)26/h1-12,17,32H,13-16,18-19,30H2. The summed E-state index contributed by atoms with van der Waals surface area (Å²) in [5.41, 5.74) is 8.63. The van der Waals surface area contributed by atoms with Crippen LogP contribution in [-0.4, -0.2) is 55.3 Å². The fourth-order valence-corrected chi connectivity index (χ4v) is 5.91. The zero-order chi connectivity index (χ0) is 26.7. The van der Waals surface area contributed by atoms with Crippen LogP contribution in [0.4, 0.5) is 10.1 Å². The van der Waals surface area contributed by atoms with Gasteiger partial charge in [0.1, 0.15) is 10.7 Å². The number of anilines is 1. The van der Waals surface area contributed by atoms with Crippen molar-refractivity contribution in [1.29, 1.82) is 0 Å². The number of aromatic nitrogens is 1. The van der Waals surface area contributed by atoms with Crippen LogP contribution in [0, 0.1) is 5.82 Å². The summed E-state index contributed by atoms with van der Waals surface area (Å²) >= 11 is 0. The van der Waals surface area contributed by atoms with E-state index in [4.69, 9.17) is 5.73 Å². The number of benzene rings is 3. The Bertz CT molecular complexity index is 1560. The molecule has 1 aliphatic heterocycles. The second-order valence-corrected chi connectivity index (χ2v) is 10.9. The SMILES string of the molecule is NCc1cc(C(=O)N2CCN(Cc3ccc(F)cc3)CC2)ccc1NS(=O)(=O)c1cccc2cccnc12. The Morgan fingerprint density at radius 1 is 0.974 bits per heavy atom. The van der Waals surface area contributed by atoms with Crippen molar-refractivity contribution < 1.29 is 17.6 Å². The van der Waals surface area contributed by atoms with Gasteiger partial charge in [-0.15, -0.1) is 0 Å². The van der Waals surface area contributed by atoms with E-state index in [1.54, 1.807) is 65.7 Å². The number of pyridine rings is 1. The molecule has 0 aliphatic carbocycles. The van der Waals surface area contributed by atoms with Crippen LogP contribution in [0.15, 0.2) is 83.9 Å². The van der Waals surface area contributed by atoms with Gasteiger partial charge in [0.15, 0.2) is 0 Å². The molecule has 38 heavy (non-hydrogen) atoms. The fraction of sp³-hybridized carbons (Fsp3) is 0.214. The summed E-state index contributed by atoms with van der Waals surface area (Å²) in [6, 6.07) is 19.8. The number of fused-ring (bicyclic) bond motifs is 1. The maximum atomic E-state index is 13.2. The van der Waals surface area contributed by atoms with Gasteiger partial charge in [-0.3, -0.25) is 19.4 Å². The van der Waals surface area contributed by atoms with Crippen molar-refractivity contribution in [2.45, 2.75) is 18.0 Å².